The van der Waals surface area contributed by atoms with E-state index < -0.39 is 0 Å². The molecule has 8 heteroatoms. The molecule has 1 N–H and O–H groups in total. The van der Waals surface area contributed by atoms with Crippen LogP contribution < -0.4 is 5.32 Å². The number of aromatic nitrogens is 1. The van der Waals surface area contributed by atoms with Gasteiger partial charge in [0.15, 0.2) is 5.96 Å². The Morgan fingerprint density at radius 1 is 1.41 bits per heavy atom. The lowest BCUT2D eigenvalue weighted by molar-refractivity contribution is 0.247. The van der Waals surface area contributed by atoms with Gasteiger partial charge in [-0.3, -0.25) is 9.89 Å². The molecular weight excluding hydrogens is 493 g/mol. The van der Waals surface area contributed by atoms with Crippen LogP contribution in [0.1, 0.15) is 29.5 Å². The van der Waals surface area contributed by atoms with Crippen LogP contribution in [-0.2, 0) is 13.6 Å². The van der Waals surface area contributed by atoms with E-state index in [0.717, 1.165) is 29.8 Å². The molecule has 3 heterocycles. The van der Waals surface area contributed by atoms with Crippen molar-refractivity contribution in [3.05, 3.63) is 45.4 Å². The van der Waals surface area contributed by atoms with Gasteiger partial charge >= 0.3 is 0 Å². The summed E-state index contributed by atoms with van der Waals surface area (Å²) in [5.74, 6) is 0.906. The molecule has 1 fully saturated rings. The van der Waals surface area contributed by atoms with Gasteiger partial charge in [0.2, 0.25) is 0 Å². The highest BCUT2D eigenvalue weighted by molar-refractivity contribution is 14.0. The maximum atomic E-state index is 6.11. The third kappa shape index (κ3) is 5.85. The van der Waals surface area contributed by atoms with Gasteiger partial charge in [-0.25, -0.2) is 0 Å². The van der Waals surface area contributed by atoms with Crippen LogP contribution in [0.4, 0.5) is 0 Å². The van der Waals surface area contributed by atoms with Crippen molar-refractivity contribution < 1.29 is 0 Å². The normalized spacial score (nSPS) is 16.2. The molecule has 2 aromatic rings. The van der Waals surface area contributed by atoms with Gasteiger partial charge in [-0.1, -0.05) is 17.7 Å². The van der Waals surface area contributed by atoms with Crippen molar-refractivity contribution in [2.45, 2.75) is 25.4 Å². The summed E-state index contributed by atoms with van der Waals surface area (Å²) in [4.78, 5) is 10.6. The van der Waals surface area contributed by atoms with E-state index in [2.05, 4.69) is 49.2 Å². The highest BCUT2D eigenvalue weighted by Crippen LogP contribution is 2.27. The van der Waals surface area contributed by atoms with Crippen molar-refractivity contribution in [2.24, 2.45) is 12.0 Å². The summed E-state index contributed by atoms with van der Waals surface area (Å²) in [5.41, 5.74) is 1.16. The quantitative estimate of drug-likeness (QED) is 0.352. The number of nitrogens with zero attached hydrogens (tertiary/aromatic N) is 4. The molecule has 1 aliphatic heterocycles. The molecule has 0 saturated carbocycles. The highest BCUT2D eigenvalue weighted by atomic mass is 127. The Bertz CT molecular complexity index is 725. The van der Waals surface area contributed by atoms with Gasteiger partial charge in [0.05, 0.1) is 17.6 Å². The van der Waals surface area contributed by atoms with Gasteiger partial charge < -0.3 is 14.8 Å². The number of halogens is 2. The molecule has 150 valence electrons. The maximum Gasteiger partial charge on any atom is 0.193 e. The Labute approximate surface area is 188 Å². The molecule has 5 nitrogen and oxygen atoms in total. The Morgan fingerprint density at radius 3 is 2.70 bits per heavy atom. The summed E-state index contributed by atoms with van der Waals surface area (Å²) in [6, 6.07) is 6.80. The van der Waals surface area contributed by atoms with Crippen molar-refractivity contribution in [3.63, 3.8) is 0 Å². The number of likely N-dealkylation sites (tertiary alicyclic amines) is 1. The first-order valence-electron chi connectivity index (χ1n) is 9.08. The Hall–Kier alpha value is -0.770. The monoisotopic (exact) mass is 521 g/mol. The van der Waals surface area contributed by atoms with Crippen molar-refractivity contribution in [2.75, 3.05) is 33.7 Å². The third-order valence-electron chi connectivity index (χ3n) is 4.95. The van der Waals surface area contributed by atoms with Crippen molar-refractivity contribution >= 4 is 52.9 Å². The third-order valence-corrected chi connectivity index (χ3v) is 6.13. The zero-order valence-corrected chi connectivity index (χ0v) is 20.1. The molecule has 0 aliphatic carbocycles. The topological polar surface area (TPSA) is 35.8 Å². The number of thiophene rings is 1. The van der Waals surface area contributed by atoms with E-state index in [1.54, 1.807) is 0 Å². The van der Waals surface area contributed by atoms with E-state index in [4.69, 9.17) is 11.6 Å². The molecule has 1 unspecified atom stereocenters. The predicted molar refractivity (Wildman–Crippen MR) is 127 cm³/mol. The lowest BCUT2D eigenvalue weighted by atomic mass is 10.2. The molecule has 1 aliphatic rings. The average molecular weight is 522 g/mol. The molecule has 1 saturated heterocycles. The molecule has 3 rings (SSSR count). The van der Waals surface area contributed by atoms with E-state index >= 15 is 0 Å². The lowest BCUT2D eigenvalue weighted by Gasteiger charge is -2.29. The SMILES string of the molecule is CN=C(NCC(c1cccs1)N1CCCC1)N(C)Cc1cc(Cl)cn1C.I. The van der Waals surface area contributed by atoms with E-state index in [0.29, 0.717) is 6.04 Å². The van der Waals surface area contributed by atoms with Crippen molar-refractivity contribution in [1.29, 1.82) is 0 Å². The Kier molecular flexibility index (Phi) is 8.91. The largest absolute Gasteiger partial charge is 0.354 e. The van der Waals surface area contributed by atoms with E-state index in [9.17, 15) is 0 Å². The van der Waals surface area contributed by atoms with Gasteiger partial charge in [-0.2, -0.15) is 0 Å². The zero-order valence-electron chi connectivity index (χ0n) is 16.2. The number of aliphatic imine (C=N–C) groups is 1. The van der Waals surface area contributed by atoms with Crippen molar-refractivity contribution in [1.82, 2.24) is 19.7 Å². The van der Waals surface area contributed by atoms with Crippen LogP contribution in [0.15, 0.2) is 34.8 Å². The maximum absolute atomic E-state index is 6.11. The van der Waals surface area contributed by atoms with Gasteiger partial charge in [-0.15, -0.1) is 35.3 Å². The Balaban J connectivity index is 0.00000261. The number of rotatable bonds is 6. The summed E-state index contributed by atoms with van der Waals surface area (Å²) in [5, 5.41) is 6.51. The highest BCUT2D eigenvalue weighted by Gasteiger charge is 2.24. The first-order valence-corrected chi connectivity index (χ1v) is 10.3. The van der Waals surface area contributed by atoms with Crippen LogP contribution in [0, 0.1) is 0 Å². The first kappa shape index (κ1) is 22.5. The van der Waals surface area contributed by atoms with E-state index in [1.165, 1.54) is 30.8 Å². The van der Waals surface area contributed by atoms with Crippen LogP contribution in [0.3, 0.4) is 0 Å². The van der Waals surface area contributed by atoms with E-state index in [-0.39, 0.29) is 24.0 Å². The summed E-state index contributed by atoms with van der Waals surface area (Å²) >= 11 is 7.95. The van der Waals surface area contributed by atoms with Gasteiger partial charge in [0, 0.05) is 44.5 Å². The molecule has 0 radical (unpaired) electrons. The summed E-state index contributed by atoms with van der Waals surface area (Å²) in [6.07, 6.45) is 4.52. The molecule has 1 atom stereocenters. The minimum Gasteiger partial charge on any atom is -0.354 e. The fourth-order valence-electron chi connectivity index (χ4n) is 3.56. The second kappa shape index (κ2) is 10.7. The minimum atomic E-state index is 0. The summed E-state index contributed by atoms with van der Waals surface area (Å²) in [7, 11) is 5.92. The molecule has 0 amide bonds. The minimum absolute atomic E-state index is 0. The van der Waals surface area contributed by atoms with Crippen LogP contribution in [0.5, 0.6) is 0 Å². The number of hydrogen-bond acceptors (Lipinski definition) is 3. The smallest absolute Gasteiger partial charge is 0.193 e. The molecular formula is C19H29ClIN5S. The van der Waals surface area contributed by atoms with Gasteiger partial charge in [0.25, 0.3) is 0 Å². The predicted octanol–water partition coefficient (Wildman–Crippen LogP) is 4.20. The first-order chi connectivity index (χ1) is 12.6. The average Bonchev–Trinajstić information content (AvgIpc) is 3.35. The fraction of sp³-hybridized carbons (Fsp3) is 0.526. The Morgan fingerprint density at radius 2 is 2.15 bits per heavy atom. The zero-order chi connectivity index (χ0) is 18.5. The lowest BCUT2D eigenvalue weighted by Crippen LogP contribution is -2.43. The summed E-state index contributed by atoms with van der Waals surface area (Å²) in [6.45, 7) is 3.99. The molecule has 2 aromatic heterocycles. The van der Waals surface area contributed by atoms with Gasteiger partial charge in [-0.05, 0) is 43.4 Å². The van der Waals surface area contributed by atoms with E-state index in [1.807, 2.05) is 37.7 Å². The van der Waals surface area contributed by atoms with Crippen LogP contribution in [-0.4, -0.2) is 54.1 Å². The number of nitrogens with one attached hydrogen (secondary N) is 1. The van der Waals surface area contributed by atoms with Gasteiger partial charge in [0.1, 0.15) is 0 Å². The second-order valence-electron chi connectivity index (χ2n) is 6.82. The number of aryl methyl sites for hydroxylation is 1. The molecule has 0 spiro atoms. The van der Waals surface area contributed by atoms with Crippen LogP contribution in [0.2, 0.25) is 5.02 Å². The second-order valence-corrected chi connectivity index (χ2v) is 8.23. The standard InChI is InChI=1S/C19H28ClN5S.HI/c1-21-19(24(3)14-16-11-15(20)13-23(16)2)22-12-17(18-7-6-10-26-18)25-8-4-5-9-25;/h6-7,10-11,13,17H,4-5,8-9,12,14H2,1-3H3,(H,21,22);1H. The van der Waals surface area contributed by atoms with Crippen LogP contribution in [0.25, 0.3) is 0 Å². The number of hydrogen-bond donors (Lipinski definition) is 1. The fourth-order valence-corrected chi connectivity index (χ4v) is 4.69. The number of guanidine groups is 1. The van der Waals surface area contributed by atoms with Crippen molar-refractivity contribution in [3.8, 4) is 0 Å². The summed E-state index contributed by atoms with van der Waals surface area (Å²) < 4.78 is 2.06. The molecule has 0 aromatic carbocycles. The van der Waals surface area contributed by atoms with Crippen LogP contribution >= 0.6 is 46.9 Å². The molecule has 27 heavy (non-hydrogen) atoms. The molecule has 0 bridgehead atoms.